The zero-order valence-corrected chi connectivity index (χ0v) is 19.3. The minimum atomic E-state index is -0.590. The van der Waals surface area contributed by atoms with Crippen LogP contribution in [-0.4, -0.2) is 63.6 Å². The first kappa shape index (κ1) is 23.1. The molecule has 0 aromatic heterocycles. The summed E-state index contributed by atoms with van der Waals surface area (Å²) in [5.74, 6) is -1.54. The maximum Gasteiger partial charge on any atom is 0.310 e. The van der Waals surface area contributed by atoms with Crippen LogP contribution in [0.3, 0.4) is 0 Å². The van der Waals surface area contributed by atoms with E-state index in [1.165, 1.54) is 0 Å². The average molecular weight is 461 g/mol. The van der Waals surface area contributed by atoms with Gasteiger partial charge >= 0.3 is 5.97 Å². The molecule has 8 heteroatoms. The van der Waals surface area contributed by atoms with Crippen molar-refractivity contribution in [3.63, 3.8) is 0 Å². The second kappa shape index (κ2) is 9.83. The third-order valence-corrected chi connectivity index (χ3v) is 8.93. The normalized spacial score (nSPS) is 30.4. The van der Waals surface area contributed by atoms with Crippen molar-refractivity contribution in [3.8, 4) is 0 Å². The maximum absolute atomic E-state index is 13.6. The maximum atomic E-state index is 13.6. The van der Waals surface area contributed by atoms with Gasteiger partial charge in [0.2, 0.25) is 11.8 Å². The van der Waals surface area contributed by atoms with Gasteiger partial charge in [-0.15, -0.1) is 11.8 Å². The summed E-state index contributed by atoms with van der Waals surface area (Å²) in [4.78, 5) is 41.6. The van der Waals surface area contributed by atoms with E-state index >= 15 is 0 Å². The van der Waals surface area contributed by atoms with E-state index in [1.54, 1.807) is 23.6 Å². The van der Waals surface area contributed by atoms with Crippen LogP contribution < -0.4 is 5.32 Å². The summed E-state index contributed by atoms with van der Waals surface area (Å²) in [5, 5.41) is 12.2. The summed E-state index contributed by atoms with van der Waals surface area (Å²) in [6.07, 6.45) is 3.75. The zero-order valence-electron chi connectivity index (χ0n) is 18.5. The molecule has 5 atom stereocenters. The van der Waals surface area contributed by atoms with Crippen LogP contribution in [0, 0.1) is 11.8 Å². The number of nitrogens with zero attached hydrogens (tertiary/aromatic N) is 1. The molecular weight excluding hydrogens is 428 g/mol. The van der Waals surface area contributed by atoms with Gasteiger partial charge in [-0.05, 0) is 44.6 Å². The quantitative estimate of drug-likeness (QED) is 0.410. The number of carbonyl (C=O) groups is 3. The highest BCUT2D eigenvalue weighted by molar-refractivity contribution is 8.02. The smallest absolute Gasteiger partial charge is 0.310 e. The van der Waals surface area contributed by atoms with Crippen molar-refractivity contribution in [2.45, 2.75) is 61.6 Å². The van der Waals surface area contributed by atoms with Crippen LogP contribution in [0.25, 0.3) is 0 Å². The molecule has 2 N–H and O–H groups in total. The van der Waals surface area contributed by atoms with Gasteiger partial charge in [0.15, 0.2) is 0 Å². The van der Waals surface area contributed by atoms with Crippen molar-refractivity contribution in [2.75, 3.05) is 19.8 Å². The van der Waals surface area contributed by atoms with Crippen molar-refractivity contribution < 1.29 is 24.2 Å². The number of aliphatic hydroxyl groups excluding tert-OH is 1. The lowest BCUT2D eigenvalue weighted by molar-refractivity contribution is -0.153. The van der Waals surface area contributed by atoms with Crippen LogP contribution in [0.5, 0.6) is 0 Å². The van der Waals surface area contributed by atoms with Crippen molar-refractivity contribution in [1.29, 1.82) is 0 Å². The summed E-state index contributed by atoms with van der Waals surface area (Å²) in [6.45, 7) is 3.04. The van der Waals surface area contributed by atoms with Crippen LogP contribution in [0.1, 0.15) is 44.6 Å². The number of benzene rings is 1. The number of aliphatic hydroxyl groups is 1. The average Bonchev–Trinajstić information content (AvgIpc) is 3.43. The number of hydrogen-bond acceptors (Lipinski definition) is 6. The minimum absolute atomic E-state index is 0.0314. The van der Waals surface area contributed by atoms with Crippen molar-refractivity contribution in [2.24, 2.45) is 11.8 Å². The van der Waals surface area contributed by atoms with Gasteiger partial charge < -0.3 is 20.1 Å². The fraction of sp³-hybridized carbons (Fsp3) is 0.625. The lowest BCUT2D eigenvalue weighted by atomic mass is 9.71. The molecule has 3 aliphatic rings. The topological polar surface area (TPSA) is 95.9 Å². The zero-order chi connectivity index (χ0) is 22.7. The van der Waals surface area contributed by atoms with Crippen molar-refractivity contribution in [3.05, 3.63) is 35.9 Å². The number of carbonyl (C=O) groups excluding carboxylic acids is 3. The Balaban J connectivity index is 1.58. The molecule has 1 aromatic carbocycles. The highest BCUT2D eigenvalue weighted by atomic mass is 32.2. The first-order chi connectivity index (χ1) is 15.5. The molecule has 1 spiro atoms. The van der Waals surface area contributed by atoms with E-state index < -0.39 is 22.6 Å². The molecule has 2 amide bonds. The molecule has 4 rings (SSSR count). The predicted octanol–water partition coefficient (Wildman–Crippen LogP) is 2.12. The molecule has 3 fully saturated rings. The van der Waals surface area contributed by atoms with E-state index in [0.29, 0.717) is 19.5 Å². The van der Waals surface area contributed by atoms with Crippen LogP contribution in [0.2, 0.25) is 0 Å². The van der Waals surface area contributed by atoms with Gasteiger partial charge in [-0.3, -0.25) is 14.4 Å². The molecule has 3 saturated heterocycles. The molecule has 32 heavy (non-hydrogen) atoms. The van der Waals surface area contributed by atoms with Crippen LogP contribution in [-0.2, 0) is 25.7 Å². The SMILES string of the molecule is CCOC(=O)[C@@H]1[C@H]2C(=O)N(CCCCCO)C(C(=O)NCc3ccccc3)C23CC[C@H]1S3. The molecule has 2 unspecified atom stereocenters. The molecule has 3 heterocycles. The molecule has 2 bridgehead atoms. The van der Waals surface area contributed by atoms with Crippen molar-refractivity contribution >= 4 is 29.5 Å². The number of thioether (sulfide) groups is 1. The lowest BCUT2D eigenvalue weighted by Crippen LogP contribution is -2.53. The molecule has 0 aliphatic carbocycles. The van der Waals surface area contributed by atoms with E-state index in [0.717, 1.165) is 31.2 Å². The Morgan fingerprint density at radius 2 is 2.03 bits per heavy atom. The summed E-state index contributed by atoms with van der Waals surface area (Å²) in [7, 11) is 0. The third-order valence-electron chi connectivity index (χ3n) is 6.97. The molecule has 7 nitrogen and oxygen atoms in total. The Morgan fingerprint density at radius 3 is 2.75 bits per heavy atom. The summed E-state index contributed by atoms with van der Waals surface area (Å²) >= 11 is 1.66. The Morgan fingerprint density at radius 1 is 1.25 bits per heavy atom. The number of ether oxygens (including phenoxy) is 1. The summed E-state index contributed by atoms with van der Waals surface area (Å²) in [5.41, 5.74) is 1.00. The van der Waals surface area contributed by atoms with Crippen molar-refractivity contribution in [1.82, 2.24) is 10.2 Å². The number of likely N-dealkylation sites (tertiary alicyclic amines) is 1. The Hall–Kier alpha value is -2.06. The fourth-order valence-corrected chi connectivity index (χ4v) is 7.86. The standard InChI is InChI=1S/C24H32N2O5S/c1-2-31-23(30)18-17-11-12-24(32-17)19(18)22(29)26(13-7-4-8-14-27)20(24)21(28)25-15-16-9-5-3-6-10-16/h3,5-6,9-10,17-20,27H,2,4,7-8,11-15H2,1H3,(H,25,28)/t17-,18+,19+,20?,24?/m1/s1. The number of esters is 1. The highest BCUT2D eigenvalue weighted by Gasteiger charge is 2.73. The first-order valence-corrected chi connectivity index (χ1v) is 12.5. The van der Waals surface area contributed by atoms with Crippen LogP contribution >= 0.6 is 11.8 Å². The van der Waals surface area contributed by atoms with E-state index in [1.807, 2.05) is 30.3 Å². The second-order valence-electron chi connectivity index (χ2n) is 8.83. The minimum Gasteiger partial charge on any atom is -0.466 e. The number of unbranched alkanes of at least 4 members (excludes halogenated alkanes) is 2. The molecule has 174 valence electrons. The number of hydrogen-bond donors (Lipinski definition) is 2. The third kappa shape index (κ3) is 4.03. The number of rotatable bonds is 10. The van der Waals surface area contributed by atoms with Gasteiger partial charge in [0.05, 0.1) is 23.2 Å². The Labute approximate surface area is 193 Å². The van der Waals surface area contributed by atoms with Gasteiger partial charge in [-0.25, -0.2) is 0 Å². The van der Waals surface area contributed by atoms with Crippen LogP contribution in [0.4, 0.5) is 0 Å². The lowest BCUT2D eigenvalue weighted by Gasteiger charge is -2.34. The van der Waals surface area contributed by atoms with Gasteiger partial charge in [0.25, 0.3) is 0 Å². The van der Waals surface area contributed by atoms with E-state index in [4.69, 9.17) is 9.84 Å². The largest absolute Gasteiger partial charge is 0.466 e. The van der Waals surface area contributed by atoms with Gasteiger partial charge in [-0.2, -0.15) is 0 Å². The van der Waals surface area contributed by atoms with Crippen LogP contribution in [0.15, 0.2) is 30.3 Å². The predicted molar refractivity (Wildman–Crippen MR) is 122 cm³/mol. The summed E-state index contributed by atoms with van der Waals surface area (Å²) < 4.78 is 4.76. The molecule has 3 aliphatic heterocycles. The van der Waals surface area contributed by atoms with E-state index in [2.05, 4.69) is 5.32 Å². The Kier molecular flexibility index (Phi) is 7.10. The monoisotopic (exact) mass is 460 g/mol. The number of amides is 2. The molecular formula is C24H32N2O5S. The number of fused-ring (bicyclic) bond motifs is 1. The number of nitrogens with one attached hydrogen (secondary N) is 1. The van der Waals surface area contributed by atoms with Gasteiger partial charge in [-0.1, -0.05) is 30.3 Å². The fourth-order valence-electron chi connectivity index (χ4n) is 5.65. The molecule has 0 radical (unpaired) electrons. The van der Waals surface area contributed by atoms with E-state index in [9.17, 15) is 14.4 Å². The van der Waals surface area contributed by atoms with Gasteiger partial charge in [0, 0.05) is 24.9 Å². The Bertz CT molecular complexity index is 850. The highest BCUT2D eigenvalue weighted by Crippen LogP contribution is 2.66. The van der Waals surface area contributed by atoms with E-state index in [-0.39, 0.29) is 36.2 Å². The summed E-state index contributed by atoms with van der Waals surface area (Å²) in [6, 6.07) is 9.12. The molecule has 0 saturated carbocycles. The molecule has 1 aromatic rings. The van der Waals surface area contributed by atoms with Gasteiger partial charge in [0.1, 0.15) is 6.04 Å². The second-order valence-corrected chi connectivity index (χ2v) is 10.4. The first-order valence-electron chi connectivity index (χ1n) is 11.6.